The van der Waals surface area contributed by atoms with Crippen molar-refractivity contribution in [2.75, 3.05) is 0 Å². The van der Waals surface area contributed by atoms with Crippen LogP contribution in [0, 0.1) is 11.8 Å². The topological polar surface area (TPSA) is 26.0 Å². The summed E-state index contributed by atoms with van der Waals surface area (Å²) in [5.41, 5.74) is 9.75. The lowest BCUT2D eigenvalue weighted by atomic mass is 9.78. The average molecular weight is 299 g/mol. The molecule has 0 heterocycles. The molecule has 0 radical (unpaired) electrons. The minimum absolute atomic E-state index is 0.489. The first-order valence-corrected chi connectivity index (χ1v) is 8.30. The van der Waals surface area contributed by atoms with Gasteiger partial charge >= 0.3 is 0 Å². The van der Waals surface area contributed by atoms with Crippen molar-refractivity contribution in [2.45, 2.75) is 12.8 Å². The van der Waals surface area contributed by atoms with Crippen LogP contribution in [0.3, 0.4) is 0 Å². The average Bonchev–Trinajstić information content (AvgIpc) is 2.61. The Morgan fingerprint density at radius 1 is 0.913 bits per heavy atom. The van der Waals surface area contributed by atoms with E-state index in [9.17, 15) is 0 Å². The lowest BCUT2D eigenvalue weighted by Crippen LogP contribution is -2.17. The largest absolute Gasteiger partial charge is 0.399 e. The minimum atomic E-state index is 0.489. The monoisotopic (exact) mass is 299 g/mol. The summed E-state index contributed by atoms with van der Waals surface area (Å²) in [5.74, 6) is 1.05. The van der Waals surface area contributed by atoms with Crippen LogP contribution in [-0.2, 0) is 0 Å². The van der Waals surface area contributed by atoms with Crippen LogP contribution in [0.2, 0.25) is 0 Å². The fraction of sp³-hybridized carbons (Fsp3) is 0.182. The lowest BCUT2D eigenvalue weighted by molar-refractivity contribution is 0.480. The predicted molar refractivity (Wildman–Crippen MR) is 98.7 cm³/mol. The molecule has 2 aromatic rings. The van der Waals surface area contributed by atoms with Gasteiger partial charge in [0.1, 0.15) is 0 Å². The first-order chi connectivity index (χ1) is 11.3. The molecule has 2 aliphatic carbocycles. The van der Waals surface area contributed by atoms with Crippen molar-refractivity contribution in [3.05, 3.63) is 90.2 Å². The Balaban J connectivity index is 1.66. The second kappa shape index (κ2) is 5.92. The van der Waals surface area contributed by atoms with Crippen molar-refractivity contribution in [1.29, 1.82) is 0 Å². The van der Waals surface area contributed by atoms with Crippen LogP contribution in [0.25, 0.3) is 16.3 Å². The summed E-state index contributed by atoms with van der Waals surface area (Å²) >= 11 is 0. The van der Waals surface area contributed by atoms with Gasteiger partial charge in [-0.05, 0) is 58.7 Å². The highest BCUT2D eigenvalue weighted by atomic mass is 14.6. The smallest absolute Gasteiger partial charge is 0.0279 e. The summed E-state index contributed by atoms with van der Waals surface area (Å²) in [6, 6.07) is 15.2. The third-order valence-electron chi connectivity index (χ3n) is 4.89. The van der Waals surface area contributed by atoms with E-state index in [4.69, 9.17) is 5.73 Å². The molecule has 1 heteroatoms. The molecule has 0 saturated heterocycles. The molecule has 0 fully saturated rings. The molecule has 4 rings (SSSR count). The van der Waals surface area contributed by atoms with E-state index in [1.165, 1.54) is 21.9 Å². The number of rotatable bonds is 2. The Labute approximate surface area is 137 Å². The maximum atomic E-state index is 6.21. The second-order valence-corrected chi connectivity index (χ2v) is 6.48. The Bertz CT molecular complexity index is 851. The van der Waals surface area contributed by atoms with Crippen LogP contribution in [0.15, 0.2) is 84.6 Å². The van der Waals surface area contributed by atoms with Crippen LogP contribution in [-0.4, -0.2) is 0 Å². The molecule has 0 aliphatic heterocycles. The van der Waals surface area contributed by atoms with Crippen LogP contribution >= 0.6 is 0 Å². The van der Waals surface area contributed by atoms with E-state index in [0.29, 0.717) is 11.8 Å². The number of benzene rings is 2. The van der Waals surface area contributed by atoms with Crippen molar-refractivity contribution < 1.29 is 0 Å². The van der Waals surface area contributed by atoms with Gasteiger partial charge < -0.3 is 5.73 Å². The molecule has 2 N–H and O–H groups in total. The highest BCUT2D eigenvalue weighted by Crippen LogP contribution is 2.36. The fourth-order valence-electron chi connectivity index (χ4n) is 3.65. The fourth-order valence-corrected chi connectivity index (χ4v) is 3.65. The van der Waals surface area contributed by atoms with E-state index >= 15 is 0 Å². The van der Waals surface area contributed by atoms with E-state index in [2.05, 4.69) is 78.9 Å². The molecule has 2 atom stereocenters. The van der Waals surface area contributed by atoms with Crippen molar-refractivity contribution in [2.24, 2.45) is 17.6 Å². The van der Waals surface area contributed by atoms with Gasteiger partial charge in [0.05, 0.1) is 0 Å². The zero-order valence-corrected chi connectivity index (χ0v) is 13.2. The number of nitrogens with two attached hydrogens (primary N) is 1. The normalized spacial score (nSPS) is 23.7. The molecule has 0 saturated carbocycles. The van der Waals surface area contributed by atoms with Gasteiger partial charge in [0.15, 0.2) is 0 Å². The van der Waals surface area contributed by atoms with E-state index in [0.717, 1.165) is 18.5 Å². The molecule has 114 valence electrons. The quantitative estimate of drug-likeness (QED) is 0.808. The summed E-state index contributed by atoms with van der Waals surface area (Å²) in [7, 11) is 0. The maximum Gasteiger partial charge on any atom is 0.0279 e. The predicted octanol–water partition coefficient (Wildman–Crippen LogP) is 5.22. The Morgan fingerprint density at radius 3 is 2.61 bits per heavy atom. The maximum absolute atomic E-state index is 6.21. The van der Waals surface area contributed by atoms with Crippen LogP contribution < -0.4 is 5.73 Å². The zero-order chi connectivity index (χ0) is 15.6. The lowest BCUT2D eigenvalue weighted by Gasteiger charge is -2.27. The summed E-state index contributed by atoms with van der Waals surface area (Å²) in [6.07, 6.45) is 15.4. The highest BCUT2D eigenvalue weighted by Gasteiger charge is 2.22. The Morgan fingerprint density at radius 2 is 1.78 bits per heavy atom. The third kappa shape index (κ3) is 2.87. The highest BCUT2D eigenvalue weighted by molar-refractivity contribution is 5.86. The van der Waals surface area contributed by atoms with Gasteiger partial charge in [-0.2, -0.15) is 0 Å². The number of fused-ring (bicyclic) bond motifs is 1. The molecule has 0 amide bonds. The summed E-state index contributed by atoms with van der Waals surface area (Å²) < 4.78 is 0. The number of hydrogen-bond donors (Lipinski definition) is 1. The Kier molecular flexibility index (Phi) is 3.63. The molecule has 23 heavy (non-hydrogen) atoms. The van der Waals surface area contributed by atoms with Gasteiger partial charge in [-0.3, -0.25) is 0 Å². The summed E-state index contributed by atoms with van der Waals surface area (Å²) in [5, 5.41) is 2.57. The molecule has 2 aromatic carbocycles. The SMILES string of the molecule is NC1=CC(C2C=CC=CC2)CC(c2ccc3ccccc3c2)=C1. The molecule has 0 bridgehead atoms. The van der Waals surface area contributed by atoms with Crippen molar-refractivity contribution in [3.8, 4) is 0 Å². The van der Waals surface area contributed by atoms with Gasteiger partial charge in [0, 0.05) is 5.70 Å². The van der Waals surface area contributed by atoms with Crippen LogP contribution in [0.4, 0.5) is 0 Å². The molecule has 1 nitrogen and oxygen atoms in total. The first kappa shape index (κ1) is 14.1. The van der Waals surface area contributed by atoms with Crippen molar-refractivity contribution in [1.82, 2.24) is 0 Å². The van der Waals surface area contributed by atoms with Gasteiger partial charge in [0.2, 0.25) is 0 Å². The van der Waals surface area contributed by atoms with E-state index in [1.807, 2.05) is 0 Å². The van der Waals surface area contributed by atoms with E-state index < -0.39 is 0 Å². The molecular weight excluding hydrogens is 278 g/mol. The molecule has 2 aliphatic rings. The van der Waals surface area contributed by atoms with E-state index in [1.54, 1.807) is 0 Å². The Hall–Kier alpha value is -2.54. The standard InChI is InChI=1S/C22H21N/c23-22-14-20(16-6-2-1-3-7-16)13-21(15-22)19-11-10-17-8-4-5-9-18(17)12-19/h1-6,8-12,14-16,20H,7,13,23H2. The molecule has 2 unspecified atom stereocenters. The van der Waals surface area contributed by atoms with Crippen molar-refractivity contribution >= 4 is 16.3 Å². The minimum Gasteiger partial charge on any atom is -0.399 e. The first-order valence-electron chi connectivity index (χ1n) is 8.30. The number of hydrogen-bond acceptors (Lipinski definition) is 1. The van der Waals surface area contributed by atoms with Gasteiger partial charge in [-0.25, -0.2) is 0 Å². The summed E-state index contributed by atoms with van der Waals surface area (Å²) in [6.45, 7) is 0. The number of allylic oxidation sites excluding steroid dienone is 7. The second-order valence-electron chi connectivity index (χ2n) is 6.48. The third-order valence-corrected chi connectivity index (χ3v) is 4.89. The van der Waals surface area contributed by atoms with Crippen LogP contribution in [0.5, 0.6) is 0 Å². The van der Waals surface area contributed by atoms with Gasteiger partial charge in [-0.1, -0.05) is 66.8 Å². The molecular formula is C22H21N. The van der Waals surface area contributed by atoms with Gasteiger partial charge in [-0.15, -0.1) is 0 Å². The molecule has 0 aromatic heterocycles. The van der Waals surface area contributed by atoms with Crippen LogP contribution in [0.1, 0.15) is 18.4 Å². The summed E-state index contributed by atoms with van der Waals surface area (Å²) in [4.78, 5) is 0. The zero-order valence-electron chi connectivity index (χ0n) is 13.2. The van der Waals surface area contributed by atoms with Crippen molar-refractivity contribution in [3.63, 3.8) is 0 Å². The van der Waals surface area contributed by atoms with E-state index in [-0.39, 0.29) is 0 Å². The molecule has 0 spiro atoms. The van der Waals surface area contributed by atoms with Gasteiger partial charge in [0.25, 0.3) is 0 Å².